The van der Waals surface area contributed by atoms with E-state index >= 15 is 0 Å². The van der Waals surface area contributed by atoms with Crippen molar-refractivity contribution in [3.8, 4) is 11.5 Å². The van der Waals surface area contributed by atoms with E-state index in [1.165, 1.54) is 0 Å². The van der Waals surface area contributed by atoms with Crippen LogP contribution in [0.1, 0.15) is 32.3 Å². The van der Waals surface area contributed by atoms with Crippen molar-refractivity contribution in [2.45, 2.75) is 26.7 Å². The Morgan fingerprint density at radius 2 is 2.13 bits per heavy atom. The first-order valence-corrected chi connectivity index (χ1v) is 8.86. The number of amidine groups is 1. The van der Waals surface area contributed by atoms with E-state index < -0.39 is 0 Å². The van der Waals surface area contributed by atoms with Crippen molar-refractivity contribution in [2.24, 2.45) is 4.99 Å². The van der Waals surface area contributed by atoms with Gasteiger partial charge in [0.2, 0.25) is 6.79 Å². The van der Waals surface area contributed by atoms with Gasteiger partial charge in [-0.2, -0.15) is 0 Å². The van der Waals surface area contributed by atoms with Crippen LogP contribution in [0.15, 0.2) is 28.9 Å². The topological polar surface area (TPSA) is 51.1 Å². The van der Waals surface area contributed by atoms with Crippen molar-refractivity contribution in [1.29, 1.82) is 0 Å². The van der Waals surface area contributed by atoms with Crippen LogP contribution in [-0.4, -0.2) is 35.1 Å². The Bertz CT molecular complexity index is 670. The molecule has 0 aromatic heterocycles. The van der Waals surface area contributed by atoms with Crippen LogP contribution in [0.2, 0.25) is 0 Å². The van der Waals surface area contributed by atoms with Crippen LogP contribution in [0.4, 0.5) is 0 Å². The molecule has 23 heavy (non-hydrogen) atoms. The molecule has 0 fully saturated rings. The zero-order chi connectivity index (χ0) is 16.2. The molecule has 0 radical (unpaired) electrons. The average molecular weight is 332 g/mol. The summed E-state index contributed by atoms with van der Waals surface area (Å²) in [4.78, 5) is 18.9. The van der Waals surface area contributed by atoms with Crippen LogP contribution >= 0.6 is 11.8 Å². The number of nitrogens with zero attached hydrogens (tertiary/aromatic N) is 2. The third kappa shape index (κ3) is 3.37. The van der Waals surface area contributed by atoms with E-state index in [1.807, 2.05) is 24.3 Å². The summed E-state index contributed by atoms with van der Waals surface area (Å²) in [7, 11) is 0. The van der Waals surface area contributed by atoms with Gasteiger partial charge in [0.25, 0.3) is 5.91 Å². The molecule has 3 rings (SSSR count). The first-order chi connectivity index (χ1) is 11.2. The lowest BCUT2D eigenvalue weighted by atomic mass is 10.1. The predicted octanol–water partition coefficient (Wildman–Crippen LogP) is 3.51. The Labute approximate surface area is 140 Å². The Morgan fingerprint density at radius 3 is 2.91 bits per heavy atom. The second kappa shape index (κ2) is 7.08. The van der Waals surface area contributed by atoms with Crippen LogP contribution in [0.5, 0.6) is 11.5 Å². The number of unbranched alkanes of at least 4 members (excludes halogenated alkanes) is 1. The van der Waals surface area contributed by atoms with E-state index in [9.17, 15) is 4.79 Å². The number of hydrogen-bond donors (Lipinski definition) is 0. The van der Waals surface area contributed by atoms with Gasteiger partial charge in [-0.3, -0.25) is 9.69 Å². The SMILES string of the molecule is CCCCN1C(=O)/C(=C\c2ccc3c(c2)OCO3)N=C1SCC. The minimum atomic E-state index is -0.0212. The fourth-order valence-electron chi connectivity index (χ4n) is 2.44. The normalized spacial score (nSPS) is 18.0. The second-order valence-corrected chi connectivity index (χ2v) is 6.51. The highest BCUT2D eigenvalue weighted by atomic mass is 32.2. The Morgan fingerprint density at radius 1 is 1.30 bits per heavy atom. The Hall–Kier alpha value is -1.95. The molecular formula is C17H20N2O3S. The summed E-state index contributed by atoms with van der Waals surface area (Å²) < 4.78 is 10.7. The zero-order valence-corrected chi connectivity index (χ0v) is 14.2. The second-order valence-electron chi connectivity index (χ2n) is 5.28. The fraction of sp³-hybridized carbons (Fsp3) is 0.412. The molecule has 0 N–H and O–H groups in total. The molecule has 1 aromatic carbocycles. The van der Waals surface area contributed by atoms with E-state index in [1.54, 1.807) is 16.7 Å². The first-order valence-electron chi connectivity index (χ1n) is 7.87. The molecule has 1 amide bonds. The van der Waals surface area contributed by atoms with Crippen molar-refractivity contribution in [3.05, 3.63) is 29.5 Å². The van der Waals surface area contributed by atoms with Crippen LogP contribution in [0.25, 0.3) is 6.08 Å². The molecule has 0 atom stereocenters. The highest BCUT2D eigenvalue weighted by molar-refractivity contribution is 8.13. The molecule has 122 valence electrons. The van der Waals surface area contributed by atoms with Gasteiger partial charge < -0.3 is 9.47 Å². The van der Waals surface area contributed by atoms with Crippen LogP contribution in [-0.2, 0) is 4.79 Å². The van der Waals surface area contributed by atoms with Crippen LogP contribution < -0.4 is 9.47 Å². The minimum absolute atomic E-state index is 0.0212. The minimum Gasteiger partial charge on any atom is -0.454 e. The van der Waals surface area contributed by atoms with E-state index in [2.05, 4.69) is 18.8 Å². The highest BCUT2D eigenvalue weighted by Crippen LogP contribution is 2.33. The van der Waals surface area contributed by atoms with E-state index in [0.717, 1.165) is 41.6 Å². The summed E-state index contributed by atoms with van der Waals surface area (Å²) in [5.74, 6) is 2.32. The molecule has 1 aromatic rings. The standard InChI is InChI=1S/C17H20N2O3S/c1-3-5-8-19-16(20)13(18-17(19)23-4-2)9-12-6-7-14-15(10-12)22-11-21-14/h6-7,9-10H,3-5,8,11H2,1-2H3/b13-9+. The lowest BCUT2D eigenvalue weighted by Crippen LogP contribution is -2.31. The van der Waals surface area contributed by atoms with Crippen molar-refractivity contribution in [1.82, 2.24) is 4.90 Å². The highest BCUT2D eigenvalue weighted by Gasteiger charge is 2.29. The number of amides is 1. The third-order valence-electron chi connectivity index (χ3n) is 3.62. The number of carbonyl (C=O) groups excluding carboxylic acids is 1. The molecular weight excluding hydrogens is 312 g/mol. The Kier molecular flexibility index (Phi) is 4.91. The molecule has 5 nitrogen and oxygen atoms in total. The average Bonchev–Trinajstić information content (AvgIpc) is 3.12. The van der Waals surface area contributed by atoms with E-state index in [4.69, 9.17) is 9.47 Å². The Balaban J connectivity index is 1.85. The molecule has 2 heterocycles. The number of aliphatic imine (C=N–C) groups is 1. The van der Waals surface area contributed by atoms with Gasteiger partial charge in [0, 0.05) is 6.54 Å². The van der Waals surface area contributed by atoms with Gasteiger partial charge in [-0.05, 0) is 35.9 Å². The van der Waals surface area contributed by atoms with Gasteiger partial charge in [0.1, 0.15) is 5.70 Å². The molecule has 0 aliphatic carbocycles. The van der Waals surface area contributed by atoms with Gasteiger partial charge in [-0.25, -0.2) is 4.99 Å². The largest absolute Gasteiger partial charge is 0.454 e. The fourth-order valence-corrected chi connectivity index (χ4v) is 3.19. The molecule has 0 bridgehead atoms. The summed E-state index contributed by atoms with van der Waals surface area (Å²) in [6.45, 7) is 5.15. The molecule has 2 aliphatic rings. The zero-order valence-electron chi connectivity index (χ0n) is 13.4. The maximum Gasteiger partial charge on any atom is 0.278 e. The van der Waals surface area contributed by atoms with Gasteiger partial charge in [-0.1, -0.05) is 38.1 Å². The number of carbonyl (C=O) groups is 1. The van der Waals surface area contributed by atoms with Gasteiger partial charge in [0.15, 0.2) is 16.7 Å². The molecule has 0 spiro atoms. The maximum atomic E-state index is 12.6. The van der Waals surface area contributed by atoms with Gasteiger partial charge in [-0.15, -0.1) is 0 Å². The molecule has 2 aliphatic heterocycles. The lowest BCUT2D eigenvalue weighted by Gasteiger charge is -2.16. The van der Waals surface area contributed by atoms with Crippen LogP contribution in [0, 0.1) is 0 Å². The maximum absolute atomic E-state index is 12.6. The van der Waals surface area contributed by atoms with Crippen molar-refractivity contribution in [2.75, 3.05) is 19.1 Å². The number of rotatable bonds is 5. The monoisotopic (exact) mass is 332 g/mol. The summed E-state index contributed by atoms with van der Waals surface area (Å²) in [5.41, 5.74) is 1.37. The summed E-state index contributed by atoms with van der Waals surface area (Å²) in [6, 6.07) is 5.64. The molecule has 0 saturated heterocycles. The van der Waals surface area contributed by atoms with Crippen molar-refractivity contribution in [3.63, 3.8) is 0 Å². The van der Waals surface area contributed by atoms with E-state index in [0.29, 0.717) is 11.4 Å². The number of benzene rings is 1. The third-order valence-corrected chi connectivity index (χ3v) is 4.48. The molecule has 6 heteroatoms. The predicted molar refractivity (Wildman–Crippen MR) is 92.7 cm³/mol. The van der Waals surface area contributed by atoms with Gasteiger partial charge in [0.05, 0.1) is 0 Å². The van der Waals surface area contributed by atoms with E-state index in [-0.39, 0.29) is 12.7 Å². The molecule has 0 saturated carbocycles. The summed E-state index contributed by atoms with van der Waals surface area (Å²) >= 11 is 1.61. The molecule has 0 unspecified atom stereocenters. The van der Waals surface area contributed by atoms with Crippen molar-refractivity contribution < 1.29 is 14.3 Å². The van der Waals surface area contributed by atoms with Gasteiger partial charge >= 0.3 is 0 Å². The number of hydrogen-bond acceptors (Lipinski definition) is 5. The number of fused-ring (bicyclic) bond motifs is 1. The number of thioether (sulfide) groups is 1. The smallest absolute Gasteiger partial charge is 0.278 e. The first kappa shape index (κ1) is 15.9. The lowest BCUT2D eigenvalue weighted by molar-refractivity contribution is -0.122. The summed E-state index contributed by atoms with van der Waals surface area (Å²) in [6.07, 6.45) is 3.84. The quantitative estimate of drug-likeness (QED) is 0.774. The number of ether oxygens (including phenoxy) is 2. The van der Waals surface area contributed by atoms with Crippen LogP contribution in [0.3, 0.4) is 0 Å². The summed E-state index contributed by atoms with van der Waals surface area (Å²) in [5, 5.41) is 0.804. The van der Waals surface area contributed by atoms with Crippen molar-refractivity contribution >= 4 is 28.9 Å².